The van der Waals surface area contributed by atoms with E-state index >= 15 is 0 Å². The molecule has 0 bridgehead atoms. The number of hydrogen-bond donors (Lipinski definition) is 2. The number of hydrogen-bond acceptors (Lipinski definition) is 3. The average Bonchev–Trinajstić information content (AvgIpc) is 2.45. The van der Waals surface area contributed by atoms with Crippen LogP contribution in [-0.4, -0.2) is 18.5 Å². The first kappa shape index (κ1) is 16.5. The Bertz CT molecular complexity index is 496. The van der Waals surface area contributed by atoms with Crippen LogP contribution in [0.15, 0.2) is 22.7 Å². The summed E-state index contributed by atoms with van der Waals surface area (Å²) in [5.74, 6) is -0.0482. The van der Waals surface area contributed by atoms with Crippen molar-refractivity contribution in [3.05, 3.63) is 28.2 Å². The normalized spacial score (nSPS) is 11.5. The molecule has 1 aromatic carbocycles. The number of anilines is 1. The third kappa shape index (κ3) is 5.22. The predicted molar refractivity (Wildman–Crippen MR) is 84.5 cm³/mol. The van der Waals surface area contributed by atoms with Gasteiger partial charge >= 0.3 is 0 Å². The molecule has 4 nitrogen and oxygen atoms in total. The van der Waals surface area contributed by atoms with Crippen molar-refractivity contribution in [1.82, 2.24) is 5.32 Å². The second-order valence-electron chi connectivity index (χ2n) is 4.67. The first-order chi connectivity index (χ1) is 9.58. The van der Waals surface area contributed by atoms with Crippen LogP contribution in [0.5, 0.6) is 0 Å². The van der Waals surface area contributed by atoms with Crippen molar-refractivity contribution >= 4 is 27.5 Å². The summed E-state index contributed by atoms with van der Waals surface area (Å²) in [4.78, 5) is 11.9. The molecule has 0 spiro atoms. The second-order valence-corrected chi connectivity index (χ2v) is 5.58. The molecule has 0 fully saturated rings. The minimum Gasteiger partial charge on any atom is -0.373 e. The average molecular weight is 338 g/mol. The van der Waals surface area contributed by atoms with Crippen molar-refractivity contribution in [2.75, 3.05) is 11.9 Å². The summed E-state index contributed by atoms with van der Waals surface area (Å²) in [6.07, 6.45) is 3.25. The van der Waals surface area contributed by atoms with Crippen LogP contribution in [0.3, 0.4) is 0 Å². The van der Waals surface area contributed by atoms with Crippen LogP contribution in [0.25, 0.3) is 0 Å². The quantitative estimate of drug-likeness (QED) is 0.749. The van der Waals surface area contributed by atoms with E-state index in [-0.39, 0.29) is 11.9 Å². The van der Waals surface area contributed by atoms with Crippen LogP contribution in [0.2, 0.25) is 0 Å². The zero-order valence-corrected chi connectivity index (χ0v) is 13.5. The number of amides is 1. The van der Waals surface area contributed by atoms with Crippen LogP contribution in [0, 0.1) is 11.3 Å². The Morgan fingerprint density at radius 3 is 2.85 bits per heavy atom. The highest BCUT2D eigenvalue weighted by Gasteiger charge is 2.13. The highest BCUT2D eigenvalue weighted by molar-refractivity contribution is 9.10. The number of halogens is 1. The van der Waals surface area contributed by atoms with E-state index in [1.807, 2.05) is 6.07 Å². The number of benzene rings is 1. The monoisotopic (exact) mass is 337 g/mol. The van der Waals surface area contributed by atoms with Crippen molar-refractivity contribution in [1.29, 1.82) is 5.26 Å². The predicted octanol–water partition coefficient (Wildman–Crippen LogP) is 3.43. The zero-order chi connectivity index (χ0) is 15.0. The maximum absolute atomic E-state index is 11.9. The van der Waals surface area contributed by atoms with Gasteiger partial charge in [-0.25, -0.2) is 0 Å². The summed E-state index contributed by atoms with van der Waals surface area (Å²) < 4.78 is 0.844. The minimum absolute atomic E-state index is 0.0482. The van der Waals surface area contributed by atoms with Crippen LogP contribution < -0.4 is 10.6 Å². The molecule has 1 unspecified atom stereocenters. The van der Waals surface area contributed by atoms with Crippen LogP contribution in [0.1, 0.15) is 38.7 Å². The zero-order valence-electron chi connectivity index (χ0n) is 11.9. The van der Waals surface area contributed by atoms with E-state index < -0.39 is 0 Å². The number of carbonyl (C=O) groups excluding carboxylic acids is 1. The third-order valence-electron chi connectivity index (χ3n) is 2.95. The molecule has 1 atom stereocenters. The fourth-order valence-electron chi connectivity index (χ4n) is 1.77. The summed E-state index contributed by atoms with van der Waals surface area (Å²) in [7, 11) is 0. The van der Waals surface area contributed by atoms with E-state index in [1.54, 1.807) is 19.1 Å². The Morgan fingerprint density at radius 1 is 1.45 bits per heavy atom. The third-order valence-corrected chi connectivity index (χ3v) is 3.44. The van der Waals surface area contributed by atoms with Gasteiger partial charge in [-0.1, -0.05) is 35.7 Å². The molecule has 108 valence electrons. The van der Waals surface area contributed by atoms with Gasteiger partial charge in [0.1, 0.15) is 12.1 Å². The van der Waals surface area contributed by atoms with Gasteiger partial charge in [-0.3, -0.25) is 4.79 Å². The van der Waals surface area contributed by atoms with Crippen molar-refractivity contribution in [2.45, 2.75) is 39.2 Å². The van der Waals surface area contributed by atoms with Gasteiger partial charge in [-0.15, -0.1) is 0 Å². The lowest BCUT2D eigenvalue weighted by molar-refractivity contribution is -0.121. The Hall–Kier alpha value is -1.54. The Kier molecular flexibility index (Phi) is 7.10. The van der Waals surface area contributed by atoms with Gasteiger partial charge in [0, 0.05) is 11.0 Å². The molecule has 1 aromatic rings. The summed E-state index contributed by atoms with van der Waals surface area (Å²) >= 11 is 3.32. The Morgan fingerprint density at radius 2 is 2.20 bits per heavy atom. The Labute approximate surface area is 128 Å². The molecule has 1 amide bonds. The lowest BCUT2D eigenvalue weighted by atomic mass is 10.1. The first-order valence-electron chi connectivity index (χ1n) is 6.82. The summed E-state index contributed by atoms with van der Waals surface area (Å²) in [6.45, 7) is 4.62. The van der Waals surface area contributed by atoms with Gasteiger partial charge in [0.05, 0.1) is 11.3 Å². The van der Waals surface area contributed by atoms with Crippen molar-refractivity contribution in [3.63, 3.8) is 0 Å². The number of nitrogens with zero attached hydrogens (tertiary/aromatic N) is 1. The fourth-order valence-corrected chi connectivity index (χ4v) is 2.13. The van der Waals surface area contributed by atoms with Gasteiger partial charge in [-0.2, -0.15) is 5.26 Å². The number of carbonyl (C=O) groups is 1. The number of nitriles is 1. The van der Waals surface area contributed by atoms with Gasteiger partial charge < -0.3 is 10.6 Å². The molecule has 2 N–H and O–H groups in total. The van der Waals surface area contributed by atoms with Gasteiger partial charge in [0.15, 0.2) is 0 Å². The number of nitrogens with one attached hydrogen (secondary N) is 2. The molecule has 0 saturated carbocycles. The van der Waals surface area contributed by atoms with E-state index in [1.165, 1.54) is 0 Å². The largest absolute Gasteiger partial charge is 0.373 e. The molecule has 0 heterocycles. The molecule has 0 radical (unpaired) electrons. The second kappa shape index (κ2) is 8.60. The van der Waals surface area contributed by atoms with E-state index in [2.05, 4.69) is 39.6 Å². The van der Waals surface area contributed by atoms with Crippen molar-refractivity contribution in [2.24, 2.45) is 0 Å². The highest BCUT2D eigenvalue weighted by atomic mass is 79.9. The lowest BCUT2D eigenvalue weighted by Gasteiger charge is -2.16. The van der Waals surface area contributed by atoms with E-state index in [4.69, 9.17) is 5.26 Å². The molecule has 0 saturated heterocycles. The minimum atomic E-state index is -0.370. The van der Waals surface area contributed by atoms with E-state index in [0.29, 0.717) is 17.8 Å². The van der Waals surface area contributed by atoms with Gasteiger partial charge in [0.2, 0.25) is 5.91 Å². The van der Waals surface area contributed by atoms with Gasteiger partial charge in [0.25, 0.3) is 0 Å². The van der Waals surface area contributed by atoms with Crippen molar-refractivity contribution in [3.8, 4) is 6.07 Å². The van der Waals surface area contributed by atoms with Crippen LogP contribution in [-0.2, 0) is 4.79 Å². The summed E-state index contributed by atoms with van der Waals surface area (Å²) in [5, 5.41) is 15.1. The smallest absolute Gasteiger partial charge is 0.242 e. The summed E-state index contributed by atoms with van der Waals surface area (Å²) in [6, 6.07) is 7.11. The molecule has 0 aromatic heterocycles. The maximum Gasteiger partial charge on any atom is 0.242 e. The molecule has 0 aliphatic carbocycles. The maximum atomic E-state index is 11.9. The molecule has 0 aliphatic heterocycles. The molecular formula is C15H20BrN3O. The van der Waals surface area contributed by atoms with Crippen LogP contribution in [0.4, 0.5) is 5.69 Å². The summed E-state index contributed by atoms with van der Waals surface area (Å²) in [5.41, 5.74) is 1.19. The topological polar surface area (TPSA) is 64.9 Å². The van der Waals surface area contributed by atoms with Gasteiger partial charge in [-0.05, 0) is 31.5 Å². The van der Waals surface area contributed by atoms with E-state index in [9.17, 15) is 4.79 Å². The Balaban J connectivity index is 2.55. The standard InChI is InChI=1S/C15H20BrN3O/c1-3-4-5-8-18-15(20)11(2)19-14-7-6-13(16)9-12(14)10-17/h6-7,9,11,19H,3-5,8H2,1-2H3,(H,18,20). The van der Waals surface area contributed by atoms with E-state index in [0.717, 1.165) is 23.7 Å². The lowest BCUT2D eigenvalue weighted by Crippen LogP contribution is -2.38. The molecule has 0 aliphatic rings. The fraction of sp³-hybridized carbons (Fsp3) is 0.467. The van der Waals surface area contributed by atoms with Crippen molar-refractivity contribution < 1.29 is 4.79 Å². The molecular weight excluding hydrogens is 318 g/mol. The SMILES string of the molecule is CCCCCNC(=O)C(C)Nc1ccc(Br)cc1C#N. The first-order valence-corrected chi connectivity index (χ1v) is 7.61. The van der Waals surface area contributed by atoms with Crippen LogP contribution >= 0.6 is 15.9 Å². The molecule has 1 rings (SSSR count). The number of unbranched alkanes of at least 4 members (excludes halogenated alkanes) is 2. The number of rotatable bonds is 7. The molecule has 5 heteroatoms. The molecule has 20 heavy (non-hydrogen) atoms. The highest BCUT2D eigenvalue weighted by Crippen LogP contribution is 2.20.